The van der Waals surface area contributed by atoms with Crippen LogP contribution >= 0.6 is 0 Å². The summed E-state index contributed by atoms with van der Waals surface area (Å²) >= 11 is 0. The molecule has 1 heterocycles. The third-order valence-electron chi connectivity index (χ3n) is 3.33. The number of nitrogens with one attached hydrogen (secondary N) is 1. The molecule has 106 valence electrons. The summed E-state index contributed by atoms with van der Waals surface area (Å²) in [6.07, 6.45) is 1.46. The van der Waals surface area contributed by atoms with Crippen molar-refractivity contribution in [1.29, 1.82) is 0 Å². The quantitative estimate of drug-likeness (QED) is 0.886. The molecule has 1 aliphatic rings. The summed E-state index contributed by atoms with van der Waals surface area (Å²) in [4.78, 5) is 0. The summed E-state index contributed by atoms with van der Waals surface area (Å²) < 4.78 is 31.9. The lowest BCUT2D eigenvalue weighted by molar-refractivity contribution is 0.127. The fourth-order valence-corrected chi connectivity index (χ4v) is 3.57. The van der Waals surface area contributed by atoms with Crippen LogP contribution in [0, 0.1) is 13.8 Å². The van der Waals surface area contributed by atoms with Gasteiger partial charge in [0.1, 0.15) is 5.75 Å². The first kappa shape index (κ1) is 14.1. The number of hydrogen-bond acceptors (Lipinski definition) is 4. The van der Waals surface area contributed by atoms with Gasteiger partial charge in [0, 0.05) is 12.2 Å². The zero-order valence-corrected chi connectivity index (χ0v) is 12.0. The second kappa shape index (κ2) is 5.38. The lowest BCUT2D eigenvalue weighted by Gasteiger charge is -2.15. The lowest BCUT2D eigenvalue weighted by Crippen LogP contribution is -2.26. The topological polar surface area (TPSA) is 75.6 Å². The number of sulfonamides is 1. The van der Waals surface area contributed by atoms with Crippen molar-refractivity contribution < 1.29 is 18.3 Å². The normalized spacial score (nSPS) is 19.6. The van der Waals surface area contributed by atoms with Crippen LogP contribution in [0.2, 0.25) is 0 Å². The minimum Gasteiger partial charge on any atom is -0.507 e. The second-order valence-electron chi connectivity index (χ2n) is 4.92. The van der Waals surface area contributed by atoms with Crippen molar-refractivity contribution in [2.45, 2.75) is 32.8 Å². The van der Waals surface area contributed by atoms with E-state index < -0.39 is 10.0 Å². The number of phenolic OH excluding ortho intramolecular Hbond substituents is 1. The zero-order valence-electron chi connectivity index (χ0n) is 11.1. The average Bonchev–Trinajstić information content (AvgIpc) is 2.82. The van der Waals surface area contributed by atoms with Gasteiger partial charge in [-0.2, -0.15) is 0 Å². The van der Waals surface area contributed by atoms with Crippen molar-refractivity contribution in [2.24, 2.45) is 0 Å². The van der Waals surface area contributed by atoms with Gasteiger partial charge < -0.3 is 9.84 Å². The number of anilines is 1. The Labute approximate surface area is 113 Å². The van der Waals surface area contributed by atoms with Crippen LogP contribution in [-0.4, -0.2) is 32.0 Å². The minimum absolute atomic E-state index is 0.0406. The van der Waals surface area contributed by atoms with Crippen molar-refractivity contribution in [3.05, 3.63) is 23.3 Å². The standard InChI is InChI=1S/C13H19NO4S/c1-9-5-6-12(10(2)13(9)15)14-19(16,17)8-11-4-3-7-18-11/h5-6,11,14-15H,3-4,7-8H2,1-2H3. The Morgan fingerprint density at radius 2 is 2.16 bits per heavy atom. The summed E-state index contributed by atoms with van der Waals surface area (Å²) in [6.45, 7) is 4.09. The van der Waals surface area contributed by atoms with Gasteiger partial charge in [-0.05, 0) is 38.3 Å². The molecule has 1 fully saturated rings. The molecule has 1 aromatic rings. The largest absolute Gasteiger partial charge is 0.507 e. The van der Waals surface area contributed by atoms with Crippen LogP contribution in [0.4, 0.5) is 5.69 Å². The molecule has 1 saturated heterocycles. The number of ether oxygens (including phenoxy) is 1. The number of rotatable bonds is 4. The SMILES string of the molecule is Cc1ccc(NS(=O)(=O)CC2CCCO2)c(C)c1O. The van der Waals surface area contributed by atoms with Gasteiger partial charge in [-0.1, -0.05) is 6.07 Å². The maximum absolute atomic E-state index is 12.0. The maximum Gasteiger partial charge on any atom is 0.235 e. The first-order valence-corrected chi connectivity index (χ1v) is 7.95. The van der Waals surface area contributed by atoms with Crippen molar-refractivity contribution >= 4 is 15.7 Å². The summed E-state index contributed by atoms with van der Waals surface area (Å²) in [5, 5.41) is 9.81. The monoisotopic (exact) mass is 285 g/mol. The van der Waals surface area contributed by atoms with E-state index in [1.807, 2.05) is 0 Å². The summed E-state index contributed by atoms with van der Waals surface area (Å²) in [5.41, 5.74) is 1.68. The minimum atomic E-state index is -3.46. The molecular formula is C13H19NO4S. The van der Waals surface area contributed by atoms with Gasteiger partial charge in [0.2, 0.25) is 10.0 Å². The van der Waals surface area contributed by atoms with Gasteiger partial charge in [-0.15, -0.1) is 0 Å². The highest BCUT2D eigenvalue weighted by molar-refractivity contribution is 7.92. The van der Waals surface area contributed by atoms with Crippen LogP contribution in [0.3, 0.4) is 0 Å². The third kappa shape index (κ3) is 3.39. The molecule has 1 unspecified atom stereocenters. The average molecular weight is 285 g/mol. The van der Waals surface area contributed by atoms with Crippen LogP contribution in [0.25, 0.3) is 0 Å². The molecule has 0 spiro atoms. The predicted molar refractivity (Wildman–Crippen MR) is 74.0 cm³/mol. The highest BCUT2D eigenvalue weighted by Crippen LogP contribution is 2.29. The van der Waals surface area contributed by atoms with E-state index >= 15 is 0 Å². The molecule has 0 aromatic heterocycles. The van der Waals surface area contributed by atoms with Crippen LogP contribution in [0.1, 0.15) is 24.0 Å². The molecule has 0 amide bonds. The molecule has 6 heteroatoms. The zero-order chi connectivity index (χ0) is 14.0. The molecule has 0 bridgehead atoms. The molecule has 1 aliphatic heterocycles. The molecule has 0 radical (unpaired) electrons. The van der Waals surface area contributed by atoms with Gasteiger partial charge in [0.25, 0.3) is 0 Å². The van der Waals surface area contributed by atoms with Crippen LogP contribution in [0.5, 0.6) is 5.75 Å². The van der Waals surface area contributed by atoms with Crippen molar-refractivity contribution in [3.63, 3.8) is 0 Å². The van der Waals surface area contributed by atoms with Crippen LogP contribution in [0.15, 0.2) is 12.1 Å². The smallest absolute Gasteiger partial charge is 0.235 e. The van der Waals surface area contributed by atoms with Gasteiger partial charge in [-0.25, -0.2) is 8.42 Å². The fourth-order valence-electron chi connectivity index (χ4n) is 2.18. The van der Waals surface area contributed by atoms with Gasteiger partial charge in [-0.3, -0.25) is 4.72 Å². The van der Waals surface area contributed by atoms with Crippen LogP contribution in [-0.2, 0) is 14.8 Å². The lowest BCUT2D eigenvalue weighted by atomic mass is 10.1. The third-order valence-corrected chi connectivity index (χ3v) is 4.67. The summed E-state index contributed by atoms with van der Waals surface area (Å²) in [7, 11) is -3.46. The van der Waals surface area contributed by atoms with E-state index in [4.69, 9.17) is 4.74 Å². The predicted octanol–water partition coefficient (Wildman–Crippen LogP) is 1.93. The van der Waals surface area contributed by atoms with Gasteiger partial charge in [0.05, 0.1) is 17.5 Å². The Morgan fingerprint density at radius 3 is 2.79 bits per heavy atom. The van der Waals surface area contributed by atoms with Crippen LogP contribution < -0.4 is 4.72 Å². The molecule has 1 atom stereocenters. The van der Waals surface area contributed by atoms with Crippen molar-refractivity contribution in [1.82, 2.24) is 0 Å². The molecule has 19 heavy (non-hydrogen) atoms. The molecule has 0 aliphatic carbocycles. The van der Waals surface area contributed by atoms with E-state index in [2.05, 4.69) is 4.72 Å². The highest BCUT2D eigenvalue weighted by atomic mass is 32.2. The number of phenols is 1. The molecule has 2 rings (SSSR count). The number of benzene rings is 1. The Bertz CT molecular complexity index is 562. The Morgan fingerprint density at radius 1 is 1.42 bits per heavy atom. The van der Waals surface area contributed by atoms with Gasteiger partial charge >= 0.3 is 0 Å². The van der Waals surface area contributed by atoms with E-state index in [0.717, 1.165) is 18.4 Å². The number of aromatic hydroxyl groups is 1. The van der Waals surface area contributed by atoms with Crippen molar-refractivity contribution in [3.8, 4) is 5.75 Å². The number of hydrogen-bond donors (Lipinski definition) is 2. The Kier molecular flexibility index (Phi) is 4.01. The summed E-state index contributed by atoms with van der Waals surface area (Å²) in [6, 6.07) is 3.35. The van der Waals surface area contributed by atoms with Crippen molar-refractivity contribution in [2.75, 3.05) is 17.1 Å². The first-order chi connectivity index (χ1) is 8.89. The fraction of sp³-hybridized carbons (Fsp3) is 0.538. The molecule has 1 aromatic carbocycles. The van der Waals surface area contributed by atoms with E-state index in [-0.39, 0.29) is 17.6 Å². The Hall–Kier alpha value is -1.27. The highest BCUT2D eigenvalue weighted by Gasteiger charge is 2.24. The molecule has 2 N–H and O–H groups in total. The molecular weight excluding hydrogens is 266 g/mol. The van der Waals surface area contributed by atoms with E-state index in [1.54, 1.807) is 26.0 Å². The van der Waals surface area contributed by atoms with E-state index in [9.17, 15) is 13.5 Å². The first-order valence-electron chi connectivity index (χ1n) is 6.30. The summed E-state index contributed by atoms with van der Waals surface area (Å²) in [5.74, 6) is 0.0819. The van der Waals surface area contributed by atoms with E-state index in [0.29, 0.717) is 17.9 Å². The maximum atomic E-state index is 12.0. The molecule has 5 nitrogen and oxygen atoms in total. The van der Waals surface area contributed by atoms with E-state index in [1.165, 1.54) is 0 Å². The molecule has 0 saturated carbocycles. The number of aryl methyl sites for hydroxylation is 1. The Balaban J connectivity index is 2.13. The van der Waals surface area contributed by atoms with Gasteiger partial charge in [0.15, 0.2) is 0 Å². The second-order valence-corrected chi connectivity index (χ2v) is 6.69.